The van der Waals surface area contributed by atoms with Crippen molar-refractivity contribution in [2.45, 2.75) is 11.8 Å². The predicted molar refractivity (Wildman–Crippen MR) is 112 cm³/mol. The highest BCUT2D eigenvalue weighted by atomic mass is 32.2. The molecule has 5 nitrogen and oxygen atoms in total. The summed E-state index contributed by atoms with van der Waals surface area (Å²) in [4.78, 5) is 17.7. The second kappa shape index (κ2) is 7.00. The fourth-order valence-electron chi connectivity index (χ4n) is 3.18. The van der Waals surface area contributed by atoms with E-state index in [0.29, 0.717) is 4.80 Å². The van der Waals surface area contributed by atoms with Crippen molar-refractivity contribution in [3.8, 4) is 0 Å². The van der Waals surface area contributed by atoms with E-state index < -0.39 is 15.7 Å². The molecule has 1 heterocycles. The van der Waals surface area contributed by atoms with Gasteiger partial charge in [0.05, 0.1) is 26.4 Å². The molecule has 0 N–H and O–H groups in total. The fourth-order valence-corrected chi connectivity index (χ4v) is 5.42. The third kappa shape index (κ3) is 3.06. The highest BCUT2D eigenvalue weighted by molar-refractivity contribution is 7.91. The van der Waals surface area contributed by atoms with E-state index in [1.165, 1.54) is 23.5 Å². The van der Waals surface area contributed by atoms with Crippen LogP contribution >= 0.6 is 11.3 Å². The number of rotatable bonds is 3. The van der Waals surface area contributed by atoms with Gasteiger partial charge in [0.1, 0.15) is 0 Å². The molecule has 0 spiro atoms. The molecule has 0 aliphatic rings. The van der Waals surface area contributed by atoms with Crippen molar-refractivity contribution >= 4 is 48.1 Å². The standard InChI is InChI=1S/C21H18N2O3S2/c1-3-28(25,26)18-11-7-6-10-16(18)20(24)22-21-23(2)17-13-12-14-8-4-5-9-15(14)19(17)27-21/h4-13H,3H2,1-2H3. The Bertz CT molecular complexity index is 1400. The largest absolute Gasteiger partial charge is 0.319 e. The number of carbonyl (C=O) groups is 1. The Morgan fingerprint density at radius 1 is 1.04 bits per heavy atom. The molecule has 0 radical (unpaired) electrons. The molecule has 0 atom stereocenters. The summed E-state index contributed by atoms with van der Waals surface area (Å²) in [6, 6.07) is 18.3. The number of carbonyl (C=O) groups excluding carboxylic acids is 1. The smallest absolute Gasteiger partial charge is 0.280 e. The quantitative estimate of drug-likeness (QED) is 0.514. The summed E-state index contributed by atoms with van der Waals surface area (Å²) in [7, 11) is -1.66. The maximum atomic E-state index is 12.9. The van der Waals surface area contributed by atoms with Crippen LogP contribution in [0.15, 0.2) is 70.6 Å². The number of fused-ring (bicyclic) bond motifs is 3. The first kappa shape index (κ1) is 18.6. The number of hydrogen-bond acceptors (Lipinski definition) is 4. The van der Waals surface area contributed by atoms with Gasteiger partial charge in [0, 0.05) is 12.4 Å². The van der Waals surface area contributed by atoms with Gasteiger partial charge in [-0.25, -0.2) is 8.42 Å². The van der Waals surface area contributed by atoms with Crippen molar-refractivity contribution in [2.75, 3.05) is 5.75 Å². The Hall–Kier alpha value is -2.77. The minimum atomic E-state index is -3.51. The molecule has 0 saturated carbocycles. The first-order valence-corrected chi connectivity index (χ1v) is 11.3. The van der Waals surface area contributed by atoms with Gasteiger partial charge in [0.15, 0.2) is 14.6 Å². The number of aromatic nitrogens is 1. The van der Waals surface area contributed by atoms with Gasteiger partial charge in [-0.05, 0) is 23.6 Å². The van der Waals surface area contributed by atoms with Crippen LogP contribution in [0.1, 0.15) is 17.3 Å². The summed E-state index contributed by atoms with van der Waals surface area (Å²) >= 11 is 1.42. The van der Waals surface area contributed by atoms with Crippen molar-refractivity contribution < 1.29 is 13.2 Å². The number of amides is 1. The Labute approximate surface area is 166 Å². The average molecular weight is 411 g/mol. The molecule has 0 bridgehead atoms. The topological polar surface area (TPSA) is 68.5 Å². The van der Waals surface area contributed by atoms with Crippen molar-refractivity contribution in [2.24, 2.45) is 12.0 Å². The lowest BCUT2D eigenvalue weighted by Crippen LogP contribution is -2.15. The number of thiazole rings is 1. The van der Waals surface area contributed by atoms with Crippen LogP contribution in [0, 0.1) is 0 Å². The van der Waals surface area contributed by atoms with Gasteiger partial charge in [0.25, 0.3) is 5.91 Å². The molecule has 1 aromatic heterocycles. The van der Waals surface area contributed by atoms with Gasteiger partial charge in [-0.15, -0.1) is 0 Å². The fraction of sp³-hybridized carbons (Fsp3) is 0.143. The Balaban J connectivity index is 1.91. The van der Waals surface area contributed by atoms with Gasteiger partial charge in [-0.2, -0.15) is 4.99 Å². The summed E-state index contributed by atoms with van der Waals surface area (Å²) in [6.45, 7) is 1.56. The van der Waals surface area contributed by atoms with E-state index in [1.54, 1.807) is 19.1 Å². The van der Waals surface area contributed by atoms with Crippen LogP contribution in [0.4, 0.5) is 0 Å². The molecular formula is C21H18N2O3S2. The zero-order valence-electron chi connectivity index (χ0n) is 15.4. The van der Waals surface area contributed by atoms with Crippen LogP contribution < -0.4 is 4.80 Å². The van der Waals surface area contributed by atoms with Crippen LogP contribution in [-0.4, -0.2) is 24.6 Å². The third-order valence-electron chi connectivity index (χ3n) is 4.73. The Kier molecular flexibility index (Phi) is 4.64. The zero-order chi connectivity index (χ0) is 19.9. The van der Waals surface area contributed by atoms with Gasteiger partial charge in [-0.1, -0.05) is 60.7 Å². The van der Waals surface area contributed by atoms with E-state index in [0.717, 1.165) is 21.0 Å². The van der Waals surface area contributed by atoms with Gasteiger partial charge in [-0.3, -0.25) is 4.79 Å². The molecule has 7 heteroatoms. The minimum Gasteiger partial charge on any atom is -0.319 e. The van der Waals surface area contributed by atoms with E-state index in [1.807, 2.05) is 48.0 Å². The van der Waals surface area contributed by atoms with Crippen LogP contribution in [0.3, 0.4) is 0 Å². The van der Waals surface area contributed by atoms with Crippen molar-refractivity contribution in [3.63, 3.8) is 0 Å². The number of nitrogens with zero attached hydrogens (tertiary/aromatic N) is 2. The molecule has 0 aliphatic heterocycles. The summed E-state index contributed by atoms with van der Waals surface area (Å²) in [5.74, 6) is -0.626. The number of hydrogen-bond donors (Lipinski definition) is 0. The highest BCUT2D eigenvalue weighted by Gasteiger charge is 2.20. The monoisotopic (exact) mass is 410 g/mol. The van der Waals surface area contributed by atoms with Gasteiger partial charge in [0.2, 0.25) is 0 Å². The molecule has 3 aromatic carbocycles. The minimum absolute atomic E-state index is 0.0282. The number of aryl methyl sites for hydroxylation is 1. The summed E-state index contributed by atoms with van der Waals surface area (Å²) in [5, 5.41) is 2.22. The second-order valence-electron chi connectivity index (χ2n) is 6.40. The van der Waals surface area contributed by atoms with E-state index in [-0.39, 0.29) is 16.2 Å². The molecule has 0 saturated heterocycles. The number of sulfone groups is 1. The second-order valence-corrected chi connectivity index (χ2v) is 9.62. The zero-order valence-corrected chi connectivity index (χ0v) is 17.0. The molecule has 4 aromatic rings. The summed E-state index contributed by atoms with van der Waals surface area (Å²) in [6.07, 6.45) is 0. The molecule has 0 fully saturated rings. The average Bonchev–Trinajstić information content (AvgIpc) is 3.04. The van der Waals surface area contributed by atoms with Crippen LogP contribution in [-0.2, 0) is 16.9 Å². The lowest BCUT2D eigenvalue weighted by Gasteiger charge is -2.05. The lowest BCUT2D eigenvalue weighted by atomic mass is 10.1. The maximum Gasteiger partial charge on any atom is 0.280 e. The molecule has 0 unspecified atom stereocenters. The van der Waals surface area contributed by atoms with Crippen LogP contribution in [0.5, 0.6) is 0 Å². The van der Waals surface area contributed by atoms with E-state index in [2.05, 4.69) is 4.99 Å². The van der Waals surface area contributed by atoms with Crippen LogP contribution in [0.2, 0.25) is 0 Å². The Morgan fingerprint density at radius 3 is 2.54 bits per heavy atom. The van der Waals surface area contributed by atoms with E-state index in [9.17, 15) is 13.2 Å². The SMILES string of the molecule is CCS(=O)(=O)c1ccccc1C(=O)N=c1sc2c3ccccc3ccc2n1C. The van der Waals surface area contributed by atoms with Gasteiger partial charge < -0.3 is 4.57 Å². The highest BCUT2D eigenvalue weighted by Crippen LogP contribution is 2.27. The molecule has 4 rings (SSSR count). The van der Waals surface area contributed by atoms with Crippen molar-refractivity contribution in [1.82, 2.24) is 4.57 Å². The first-order valence-electron chi connectivity index (χ1n) is 8.80. The summed E-state index contributed by atoms with van der Waals surface area (Å²) < 4.78 is 27.6. The molecule has 142 valence electrons. The Morgan fingerprint density at radius 2 is 1.75 bits per heavy atom. The molecule has 1 amide bonds. The molecular weight excluding hydrogens is 392 g/mol. The maximum absolute atomic E-state index is 12.9. The normalized spacial score (nSPS) is 12.7. The van der Waals surface area contributed by atoms with E-state index >= 15 is 0 Å². The lowest BCUT2D eigenvalue weighted by molar-refractivity contribution is 0.0995. The van der Waals surface area contributed by atoms with Gasteiger partial charge >= 0.3 is 0 Å². The third-order valence-corrected chi connectivity index (χ3v) is 7.70. The number of benzene rings is 3. The van der Waals surface area contributed by atoms with Crippen LogP contribution in [0.25, 0.3) is 21.0 Å². The molecule has 28 heavy (non-hydrogen) atoms. The first-order chi connectivity index (χ1) is 13.4. The van der Waals surface area contributed by atoms with E-state index in [4.69, 9.17) is 0 Å². The summed E-state index contributed by atoms with van der Waals surface area (Å²) in [5.41, 5.74) is 1.08. The van der Waals surface area contributed by atoms with Crippen molar-refractivity contribution in [3.05, 3.63) is 71.0 Å². The predicted octanol–water partition coefficient (Wildman–Crippen LogP) is 3.93. The molecule has 0 aliphatic carbocycles. The van der Waals surface area contributed by atoms with Crippen molar-refractivity contribution in [1.29, 1.82) is 0 Å².